The van der Waals surface area contributed by atoms with Crippen LogP contribution in [-0.2, 0) is 6.18 Å². The third-order valence-electron chi connectivity index (χ3n) is 1.38. The smallest absolute Gasteiger partial charge is 0.258 e. The number of rotatable bonds is 1. The van der Waals surface area contributed by atoms with Gasteiger partial charge in [0.1, 0.15) is 0 Å². The molecule has 1 aromatic carbocycles. The number of nitrogens with zero attached hydrogens (tertiary/aromatic N) is 1. The molecular formula is C7H4F3NO2. The molecule has 0 saturated carbocycles. The third kappa shape index (κ3) is 2.17. The Hall–Kier alpha value is -1.59. The summed E-state index contributed by atoms with van der Waals surface area (Å²) in [5.74, 6) is 0. The summed E-state index contributed by atoms with van der Waals surface area (Å²) < 4.78 is 36.0. The molecule has 3 nitrogen and oxygen atoms in total. The van der Waals surface area contributed by atoms with Crippen LogP contribution in [0.1, 0.15) is 5.56 Å². The summed E-state index contributed by atoms with van der Waals surface area (Å²) in [4.78, 5) is 9.25. The second-order valence-corrected chi connectivity index (χ2v) is 2.31. The number of hydrogen-bond acceptors (Lipinski definition) is 2. The zero-order valence-corrected chi connectivity index (χ0v) is 6.21. The highest BCUT2D eigenvalue weighted by Crippen LogP contribution is 2.30. The van der Waals surface area contributed by atoms with E-state index in [1.807, 2.05) is 0 Å². The molecule has 70 valence electrons. The molecule has 6 heteroatoms. The SMILES string of the molecule is O=[N+]([O-])c1cccc(C(F)(F)[18F])c1. The van der Waals surface area contributed by atoms with Crippen molar-refractivity contribution in [3.8, 4) is 0 Å². The first-order valence-corrected chi connectivity index (χ1v) is 3.23. The number of hydrogen-bond donors (Lipinski definition) is 0. The molecule has 0 saturated heterocycles. The summed E-state index contributed by atoms with van der Waals surface area (Å²) in [6.07, 6.45) is -4.54. The van der Waals surface area contributed by atoms with Crippen molar-refractivity contribution < 1.29 is 18.1 Å². The van der Waals surface area contributed by atoms with E-state index in [2.05, 4.69) is 0 Å². The molecule has 0 aromatic heterocycles. The topological polar surface area (TPSA) is 43.1 Å². The van der Waals surface area contributed by atoms with Crippen molar-refractivity contribution >= 4 is 5.69 Å². The lowest BCUT2D eigenvalue weighted by molar-refractivity contribution is -0.385. The van der Waals surface area contributed by atoms with Crippen LogP contribution in [0.15, 0.2) is 24.3 Å². The molecule has 0 atom stereocenters. The summed E-state index contributed by atoms with van der Waals surface area (Å²) in [7, 11) is 0. The number of alkyl halides is 3. The Morgan fingerprint density at radius 1 is 1.31 bits per heavy atom. The highest BCUT2D eigenvalue weighted by atomic mass is 19.3. The fourth-order valence-electron chi connectivity index (χ4n) is 0.796. The fraction of sp³-hybridized carbons (Fsp3) is 0.143. The van der Waals surface area contributed by atoms with Crippen LogP contribution >= 0.6 is 0 Å². The van der Waals surface area contributed by atoms with Crippen molar-refractivity contribution in [2.24, 2.45) is 0 Å². The maximum atomic E-state index is 12.0. The van der Waals surface area contributed by atoms with Gasteiger partial charge in [0, 0.05) is 12.1 Å². The maximum absolute atomic E-state index is 12.0. The molecule has 0 aliphatic heterocycles. The molecule has 0 radical (unpaired) electrons. The zero-order chi connectivity index (χ0) is 10.1. The van der Waals surface area contributed by atoms with Gasteiger partial charge in [-0.25, -0.2) is 0 Å². The van der Waals surface area contributed by atoms with Gasteiger partial charge in [-0.15, -0.1) is 0 Å². The predicted molar refractivity (Wildman–Crippen MR) is 38.1 cm³/mol. The summed E-state index contributed by atoms with van der Waals surface area (Å²) in [6, 6.07) is 3.29. The van der Waals surface area contributed by atoms with Crippen molar-refractivity contribution in [1.29, 1.82) is 0 Å². The molecule has 0 N–H and O–H groups in total. The van der Waals surface area contributed by atoms with E-state index in [0.29, 0.717) is 6.07 Å². The first kappa shape index (κ1) is 9.50. The van der Waals surface area contributed by atoms with E-state index in [0.717, 1.165) is 18.2 Å². The van der Waals surface area contributed by atoms with Gasteiger partial charge in [-0.1, -0.05) is 6.07 Å². The van der Waals surface area contributed by atoms with Crippen molar-refractivity contribution in [2.75, 3.05) is 0 Å². The van der Waals surface area contributed by atoms with Crippen molar-refractivity contribution in [2.45, 2.75) is 6.18 Å². The molecule has 0 spiro atoms. The van der Waals surface area contributed by atoms with Crippen LogP contribution in [0.4, 0.5) is 18.9 Å². The molecule has 0 bridgehead atoms. The third-order valence-corrected chi connectivity index (χ3v) is 1.38. The van der Waals surface area contributed by atoms with Gasteiger partial charge in [0.2, 0.25) is 0 Å². The lowest BCUT2D eigenvalue weighted by Gasteiger charge is -2.04. The van der Waals surface area contributed by atoms with E-state index < -0.39 is 22.4 Å². The highest BCUT2D eigenvalue weighted by molar-refractivity contribution is 5.35. The largest absolute Gasteiger partial charge is 0.416 e. The molecule has 0 unspecified atom stereocenters. The minimum absolute atomic E-state index is 0.500. The molecule has 0 aliphatic carbocycles. The van der Waals surface area contributed by atoms with Gasteiger partial charge in [0.05, 0.1) is 10.5 Å². The van der Waals surface area contributed by atoms with E-state index in [-0.39, 0.29) is 0 Å². The Morgan fingerprint density at radius 2 is 1.92 bits per heavy atom. The van der Waals surface area contributed by atoms with Gasteiger partial charge in [0.25, 0.3) is 5.69 Å². The Bertz CT molecular complexity index is 335. The van der Waals surface area contributed by atoms with Gasteiger partial charge in [-0.2, -0.15) is 13.2 Å². The molecular weight excluding hydrogens is 186 g/mol. The second-order valence-electron chi connectivity index (χ2n) is 2.31. The number of nitro benzene ring substituents is 1. The maximum Gasteiger partial charge on any atom is 0.416 e. The van der Waals surface area contributed by atoms with Crippen molar-refractivity contribution in [3.63, 3.8) is 0 Å². The predicted octanol–water partition coefficient (Wildman–Crippen LogP) is 2.61. The van der Waals surface area contributed by atoms with Crippen LogP contribution in [0.3, 0.4) is 0 Å². The fourth-order valence-corrected chi connectivity index (χ4v) is 0.796. The lowest BCUT2D eigenvalue weighted by atomic mass is 10.2. The van der Waals surface area contributed by atoms with E-state index in [1.54, 1.807) is 0 Å². The number of halogens is 3. The summed E-state index contributed by atoms with van der Waals surface area (Å²) in [6.45, 7) is 0. The van der Waals surface area contributed by atoms with Crippen LogP contribution in [-0.4, -0.2) is 4.92 Å². The lowest BCUT2D eigenvalue weighted by Crippen LogP contribution is -2.04. The van der Waals surface area contributed by atoms with Crippen molar-refractivity contribution in [3.05, 3.63) is 39.9 Å². The number of nitro groups is 1. The second kappa shape index (κ2) is 3.04. The summed E-state index contributed by atoms with van der Waals surface area (Å²) in [5.41, 5.74) is -1.57. The van der Waals surface area contributed by atoms with Crippen LogP contribution < -0.4 is 0 Å². The summed E-state index contributed by atoms with van der Waals surface area (Å²) >= 11 is 0. The number of non-ortho nitro benzene ring substituents is 1. The molecule has 1 aromatic rings. The van der Waals surface area contributed by atoms with Crippen LogP contribution in [0.25, 0.3) is 0 Å². The van der Waals surface area contributed by atoms with E-state index >= 15 is 0 Å². The Morgan fingerprint density at radius 3 is 2.38 bits per heavy atom. The Labute approximate surface area is 70.9 Å². The molecule has 0 amide bonds. The Balaban J connectivity index is 3.13. The molecule has 0 fully saturated rings. The van der Waals surface area contributed by atoms with Crippen LogP contribution in [0, 0.1) is 10.1 Å². The molecule has 1 rings (SSSR count). The first-order valence-electron chi connectivity index (χ1n) is 3.23. The zero-order valence-electron chi connectivity index (χ0n) is 6.21. The summed E-state index contributed by atoms with van der Waals surface area (Å²) in [5, 5.41) is 10.1. The minimum Gasteiger partial charge on any atom is -0.258 e. The van der Waals surface area contributed by atoms with Gasteiger partial charge < -0.3 is 0 Å². The molecule has 0 aliphatic rings. The highest BCUT2D eigenvalue weighted by Gasteiger charge is 2.31. The quantitative estimate of drug-likeness (QED) is 0.504. The number of benzene rings is 1. The van der Waals surface area contributed by atoms with Crippen LogP contribution in [0.2, 0.25) is 0 Å². The van der Waals surface area contributed by atoms with Gasteiger partial charge in [-0.05, 0) is 6.07 Å². The van der Waals surface area contributed by atoms with Gasteiger partial charge in [0.15, 0.2) is 0 Å². The first-order chi connectivity index (χ1) is 5.91. The van der Waals surface area contributed by atoms with E-state index in [4.69, 9.17) is 0 Å². The van der Waals surface area contributed by atoms with E-state index in [1.165, 1.54) is 0 Å². The molecule has 13 heavy (non-hydrogen) atoms. The Kier molecular flexibility index (Phi) is 2.22. The average Bonchev–Trinajstić information content (AvgIpc) is 2.03. The van der Waals surface area contributed by atoms with Crippen molar-refractivity contribution in [1.82, 2.24) is 0 Å². The average molecular weight is 190 g/mol. The van der Waals surface area contributed by atoms with Gasteiger partial charge in [-0.3, -0.25) is 10.1 Å². The minimum atomic E-state index is -4.54. The van der Waals surface area contributed by atoms with E-state index in [9.17, 15) is 23.3 Å². The normalized spacial score (nSPS) is 11.3. The van der Waals surface area contributed by atoms with Gasteiger partial charge >= 0.3 is 6.18 Å². The van der Waals surface area contributed by atoms with Crippen LogP contribution in [0.5, 0.6) is 0 Å². The molecule has 0 heterocycles. The standard InChI is InChI=1S/C7H4F3NO2/c8-7(9,10)5-2-1-3-6(4-5)11(12)13/h1-4H/i8-1. The monoisotopic (exact) mass is 190 g/mol.